The van der Waals surface area contributed by atoms with Crippen LogP contribution in [0.1, 0.15) is 19.8 Å². The number of rotatable bonds is 7. The first kappa shape index (κ1) is 22.4. The van der Waals surface area contributed by atoms with Gasteiger partial charge in [0.25, 0.3) is 0 Å². The molecule has 30 heavy (non-hydrogen) atoms. The molecule has 1 fully saturated rings. The Labute approximate surface area is 186 Å². The minimum Gasteiger partial charge on any atom is -0.492 e. The van der Waals surface area contributed by atoms with E-state index in [1.165, 1.54) is 0 Å². The molecular weight excluding hydrogens is 425 g/mol. The largest absolute Gasteiger partial charge is 0.492 e. The van der Waals surface area contributed by atoms with Crippen LogP contribution >= 0.6 is 23.2 Å². The van der Waals surface area contributed by atoms with Crippen LogP contribution in [0.15, 0.2) is 42.5 Å². The summed E-state index contributed by atoms with van der Waals surface area (Å²) in [6.07, 6.45) is 1.39. The van der Waals surface area contributed by atoms with Gasteiger partial charge in [-0.15, -0.1) is 0 Å². The van der Waals surface area contributed by atoms with Crippen molar-refractivity contribution >= 4 is 46.4 Å². The number of nitrogens with one attached hydrogen (secondary N) is 2. The number of nitrogens with zero attached hydrogens (tertiary/aromatic N) is 1. The van der Waals surface area contributed by atoms with Crippen molar-refractivity contribution in [2.45, 2.75) is 19.8 Å². The molecule has 0 unspecified atom stereocenters. The molecule has 2 aromatic carbocycles. The zero-order valence-electron chi connectivity index (χ0n) is 16.8. The fraction of sp³-hybridized carbons (Fsp3) is 0.364. The van der Waals surface area contributed by atoms with Gasteiger partial charge in [-0.1, -0.05) is 35.3 Å². The van der Waals surface area contributed by atoms with Gasteiger partial charge in [-0.05, 0) is 63.2 Å². The predicted molar refractivity (Wildman–Crippen MR) is 120 cm³/mol. The second-order valence-electron chi connectivity index (χ2n) is 7.15. The first-order valence-corrected chi connectivity index (χ1v) is 10.7. The Bertz CT molecular complexity index is 899. The highest BCUT2D eigenvalue weighted by Gasteiger charge is 2.26. The predicted octanol–water partition coefficient (Wildman–Crippen LogP) is 4.68. The average Bonchev–Trinajstić information content (AvgIpc) is 2.73. The highest BCUT2D eigenvalue weighted by atomic mass is 35.5. The summed E-state index contributed by atoms with van der Waals surface area (Å²) in [6, 6.07) is 12.4. The Hall–Kier alpha value is -2.28. The van der Waals surface area contributed by atoms with Crippen LogP contribution in [0, 0.1) is 5.92 Å². The van der Waals surface area contributed by atoms with Crippen molar-refractivity contribution in [2.75, 3.05) is 36.9 Å². The molecule has 1 saturated heterocycles. The maximum Gasteiger partial charge on any atom is 0.238 e. The van der Waals surface area contributed by atoms with Crippen LogP contribution in [0.25, 0.3) is 0 Å². The van der Waals surface area contributed by atoms with Crippen molar-refractivity contribution in [3.63, 3.8) is 0 Å². The van der Waals surface area contributed by atoms with Crippen molar-refractivity contribution in [3.8, 4) is 5.75 Å². The zero-order valence-corrected chi connectivity index (χ0v) is 18.3. The minimum absolute atomic E-state index is 0.0120. The number of likely N-dealkylation sites (tertiary alicyclic amines) is 1. The lowest BCUT2D eigenvalue weighted by Crippen LogP contribution is -2.41. The summed E-state index contributed by atoms with van der Waals surface area (Å²) < 4.78 is 5.57. The molecule has 2 N–H and O–H groups in total. The van der Waals surface area contributed by atoms with Gasteiger partial charge in [-0.3, -0.25) is 14.5 Å². The second-order valence-corrected chi connectivity index (χ2v) is 7.96. The monoisotopic (exact) mass is 449 g/mol. The molecule has 0 spiro atoms. The van der Waals surface area contributed by atoms with E-state index in [1.54, 1.807) is 18.2 Å². The smallest absolute Gasteiger partial charge is 0.238 e. The number of ether oxygens (including phenoxy) is 1. The van der Waals surface area contributed by atoms with Gasteiger partial charge in [0.2, 0.25) is 11.8 Å². The lowest BCUT2D eigenvalue weighted by atomic mass is 9.95. The summed E-state index contributed by atoms with van der Waals surface area (Å²) in [5.74, 6) is 0.447. The number of carbonyl (C=O) groups is 2. The third kappa shape index (κ3) is 6.11. The van der Waals surface area contributed by atoms with Gasteiger partial charge < -0.3 is 15.4 Å². The van der Waals surface area contributed by atoms with Crippen molar-refractivity contribution < 1.29 is 14.3 Å². The number of benzene rings is 2. The Morgan fingerprint density at radius 2 is 1.80 bits per heavy atom. The molecule has 0 saturated carbocycles. The molecule has 6 nitrogen and oxygen atoms in total. The summed E-state index contributed by atoms with van der Waals surface area (Å²) in [4.78, 5) is 27.0. The Balaban J connectivity index is 1.46. The standard InChI is InChI=1S/C22H25Cl2N3O3/c1-2-30-20-6-4-3-5-19(20)26-22(29)15-9-11-27(12-10-15)14-21(28)25-16-7-8-17(23)18(24)13-16/h3-8,13,15H,2,9-12,14H2,1H3,(H,25,28)(H,26,29). The van der Waals surface area contributed by atoms with Gasteiger partial charge in [0.15, 0.2) is 0 Å². The van der Waals surface area contributed by atoms with E-state index in [-0.39, 0.29) is 24.3 Å². The molecule has 0 aromatic heterocycles. The first-order chi connectivity index (χ1) is 14.5. The zero-order chi connectivity index (χ0) is 21.5. The van der Waals surface area contributed by atoms with E-state index in [0.717, 1.165) is 0 Å². The Morgan fingerprint density at radius 1 is 1.07 bits per heavy atom. The van der Waals surface area contributed by atoms with E-state index in [1.807, 2.05) is 36.1 Å². The maximum absolute atomic E-state index is 12.7. The third-order valence-electron chi connectivity index (χ3n) is 4.97. The van der Waals surface area contributed by atoms with Gasteiger partial charge in [0, 0.05) is 11.6 Å². The quantitative estimate of drug-likeness (QED) is 0.643. The molecule has 1 aliphatic heterocycles. The fourth-order valence-corrected chi connectivity index (χ4v) is 3.71. The number of hydrogen-bond acceptors (Lipinski definition) is 4. The Kier molecular flexibility index (Phi) is 7.96. The number of carbonyl (C=O) groups excluding carboxylic acids is 2. The van der Waals surface area contributed by atoms with E-state index in [2.05, 4.69) is 10.6 Å². The Morgan fingerprint density at radius 3 is 2.50 bits per heavy atom. The maximum atomic E-state index is 12.7. The van der Waals surface area contributed by atoms with Crippen molar-refractivity contribution in [1.29, 1.82) is 0 Å². The van der Waals surface area contributed by atoms with Crippen molar-refractivity contribution in [3.05, 3.63) is 52.5 Å². The van der Waals surface area contributed by atoms with Crippen molar-refractivity contribution in [2.24, 2.45) is 5.92 Å². The summed E-state index contributed by atoms with van der Waals surface area (Å²) in [5, 5.41) is 6.64. The molecule has 2 amide bonds. The van der Waals surface area contributed by atoms with Crippen LogP contribution in [-0.4, -0.2) is 43.0 Å². The second kappa shape index (κ2) is 10.7. The third-order valence-corrected chi connectivity index (χ3v) is 5.71. The number of halogens is 2. The van der Waals surface area contributed by atoms with E-state index in [9.17, 15) is 9.59 Å². The minimum atomic E-state index is -0.123. The lowest BCUT2D eigenvalue weighted by molar-refractivity contribution is -0.121. The van der Waals surface area contributed by atoms with E-state index in [4.69, 9.17) is 27.9 Å². The van der Waals surface area contributed by atoms with Crippen LogP contribution in [0.2, 0.25) is 10.0 Å². The van der Waals surface area contributed by atoms with E-state index < -0.39 is 0 Å². The highest BCUT2D eigenvalue weighted by Crippen LogP contribution is 2.27. The average molecular weight is 450 g/mol. The van der Waals surface area contributed by atoms with Crippen LogP contribution < -0.4 is 15.4 Å². The molecule has 2 aromatic rings. The van der Waals surface area contributed by atoms with Gasteiger partial charge in [0.1, 0.15) is 5.75 Å². The molecule has 0 radical (unpaired) electrons. The van der Waals surface area contributed by atoms with Gasteiger partial charge in [-0.25, -0.2) is 0 Å². The molecular formula is C22H25Cl2N3O3. The van der Waals surface area contributed by atoms with E-state index in [0.29, 0.717) is 59.7 Å². The van der Waals surface area contributed by atoms with Crippen LogP contribution in [0.3, 0.4) is 0 Å². The summed E-state index contributed by atoms with van der Waals surface area (Å²) in [5.41, 5.74) is 1.30. The molecule has 0 atom stereocenters. The topological polar surface area (TPSA) is 70.7 Å². The van der Waals surface area contributed by atoms with Crippen LogP contribution in [0.5, 0.6) is 5.75 Å². The van der Waals surface area contributed by atoms with E-state index >= 15 is 0 Å². The molecule has 0 bridgehead atoms. The number of para-hydroxylation sites is 2. The number of hydrogen-bond donors (Lipinski definition) is 2. The SMILES string of the molecule is CCOc1ccccc1NC(=O)C1CCN(CC(=O)Nc2ccc(Cl)c(Cl)c2)CC1. The number of amides is 2. The van der Waals surface area contributed by atoms with Gasteiger partial charge in [0.05, 0.1) is 28.9 Å². The summed E-state index contributed by atoms with van der Waals surface area (Å²) >= 11 is 11.9. The molecule has 3 rings (SSSR count). The number of anilines is 2. The fourth-order valence-electron chi connectivity index (χ4n) is 3.42. The molecule has 0 aliphatic carbocycles. The van der Waals surface area contributed by atoms with Crippen LogP contribution in [-0.2, 0) is 9.59 Å². The normalized spacial score (nSPS) is 14.9. The van der Waals surface area contributed by atoms with Gasteiger partial charge in [-0.2, -0.15) is 0 Å². The highest BCUT2D eigenvalue weighted by molar-refractivity contribution is 6.42. The summed E-state index contributed by atoms with van der Waals surface area (Å²) in [6.45, 7) is 4.07. The molecule has 8 heteroatoms. The summed E-state index contributed by atoms with van der Waals surface area (Å²) in [7, 11) is 0. The number of piperidine rings is 1. The lowest BCUT2D eigenvalue weighted by Gasteiger charge is -2.30. The molecule has 1 heterocycles. The molecule has 160 valence electrons. The van der Waals surface area contributed by atoms with Crippen LogP contribution in [0.4, 0.5) is 11.4 Å². The van der Waals surface area contributed by atoms with Gasteiger partial charge >= 0.3 is 0 Å². The molecule has 1 aliphatic rings. The van der Waals surface area contributed by atoms with Crippen molar-refractivity contribution in [1.82, 2.24) is 4.90 Å². The first-order valence-electron chi connectivity index (χ1n) is 9.96.